The summed E-state index contributed by atoms with van der Waals surface area (Å²) in [5.74, 6) is 0.969. The van der Waals surface area contributed by atoms with Crippen LogP contribution in [0.5, 0.6) is 17.2 Å². The fourth-order valence-corrected chi connectivity index (χ4v) is 2.25. The highest BCUT2D eigenvalue weighted by Gasteiger charge is 2.17. The molecule has 2 aromatic rings. The van der Waals surface area contributed by atoms with Gasteiger partial charge in [0.15, 0.2) is 0 Å². The van der Waals surface area contributed by atoms with Crippen LogP contribution in [-0.2, 0) is 0 Å². The van der Waals surface area contributed by atoms with Crippen LogP contribution >= 0.6 is 0 Å². The van der Waals surface area contributed by atoms with E-state index in [1.807, 2.05) is 0 Å². The topological polar surface area (TPSA) is 51.5 Å². The molecule has 0 saturated carbocycles. The molecule has 2 rings (SSSR count). The van der Waals surface area contributed by atoms with Crippen molar-refractivity contribution in [1.29, 1.82) is 5.26 Å². The number of benzene rings is 2. The van der Waals surface area contributed by atoms with Crippen LogP contribution in [0, 0.1) is 17.1 Å². The summed E-state index contributed by atoms with van der Waals surface area (Å²) in [6.07, 6.45) is 0.455. The molecule has 0 aliphatic heterocycles. The van der Waals surface area contributed by atoms with Gasteiger partial charge in [0.2, 0.25) is 0 Å². The molecule has 0 fully saturated rings. The molecule has 120 valence electrons. The molecular formula is C18H18FNO3. The number of hydrogen-bond acceptors (Lipinski definition) is 4. The summed E-state index contributed by atoms with van der Waals surface area (Å²) in [6, 6.07) is 13.5. The van der Waals surface area contributed by atoms with Gasteiger partial charge in [-0.05, 0) is 30.3 Å². The van der Waals surface area contributed by atoms with E-state index in [-0.39, 0.29) is 5.82 Å². The van der Waals surface area contributed by atoms with Gasteiger partial charge in [0.25, 0.3) is 0 Å². The van der Waals surface area contributed by atoms with E-state index in [2.05, 4.69) is 6.07 Å². The van der Waals surface area contributed by atoms with E-state index in [1.54, 1.807) is 44.6 Å². The minimum absolute atomic E-state index is 0.294. The van der Waals surface area contributed by atoms with Crippen LogP contribution in [-0.4, -0.2) is 20.8 Å². The van der Waals surface area contributed by atoms with Crippen molar-refractivity contribution in [2.24, 2.45) is 0 Å². The number of nitriles is 1. The van der Waals surface area contributed by atoms with Gasteiger partial charge in [-0.25, -0.2) is 4.39 Å². The highest BCUT2D eigenvalue weighted by atomic mass is 19.1. The fraction of sp³-hybridized carbons (Fsp3) is 0.278. The Balaban J connectivity index is 2.07. The molecule has 0 saturated heterocycles. The van der Waals surface area contributed by atoms with Crippen LogP contribution in [0.25, 0.3) is 0 Å². The van der Waals surface area contributed by atoms with Gasteiger partial charge in [-0.15, -0.1) is 0 Å². The highest BCUT2D eigenvalue weighted by Crippen LogP contribution is 2.32. The first kappa shape index (κ1) is 16.6. The van der Waals surface area contributed by atoms with Gasteiger partial charge < -0.3 is 14.2 Å². The Bertz CT molecular complexity index is 697. The second kappa shape index (κ2) is 8.04. The Labute approximate surface area is 135 Å². The molecule has 4 nitrogen and oxygen atoms in total. The maximum atomic E-state index is 13.1. The zero-order chi connectivity index (χ0) is 16.7. The molecule has 1 unspecified atom stereocenters. The molecule has 1 atom stereocenters. The molecule has 0 aliphatic rings. The third kappa shape index (κ3) is 4.36. The Morgan fingerprint density at radius 3 is 2.57 bits per heavy atom. The largest absolute Gasteiger partial charge is 0.497 e. The van der Waals surface area contributed by atoms with Crippen LogP contribution in [0.3, 0.4) is 0 Å². The minimum Gasteiger partial charge on any atom is -0.497 e. The molecule has 0 aliphatic carbocycles. The second-order valence-corrected chi connectivity index (χ2v) is 4.88. The normalized spacial score (nSPS) is 11.4. The maximum Gasteiger partial charge on any atom is 0.126 e. The second-order valence-electron chi connectivity index (χ2n) is 4.88. The quantitative estimate of drug-likeness (QED) is 0.777. The summed E-state index contributed by atoms with van der Waals surface area (Å²) >= 11 is 0. The molecule has 0 radical (unpaired) electrons. The van der Waals surface area contributed by atoms with E-state index in [0.717, 1.165) is 5.56 Å². The lowest BCUT2D eigenvalue weighted by Crippen LogP contribution is -2.06. The third-order valence-electron chi connectivity index (χ3n) is 3.44. The van der Waals surface area contributed by atoms with Crippen LogP contribution in [0.1, 0.15) is 17.9 Å². The van der Waals surface area contributed by atoms with E-state index < -0.39 is 5.92 Å². The van der Waals surface area contributed by atoms with Crippen LogP contribution in [0.2, 0.25) is 0 Å². The van der Waals surface area contributed by atoms with E-state index in [1.165, 1.54) is 12.1 Å². The van der Waals surface area contributed by atoms with Crippen molar-refractivity contribution in [1.82, 2.24) is 0 Å². The predicted molar refractivity (Wildman–Crippen MR) is 84.4 cm³/mol. The summed E-state index contributed by atoms with van der Waals surface area (Å²) < 4.78 is 29.1. The van der Waals surface area contributed by atoms with Gasteiger partial charge in [-0.1, -0.05) is 6.07 Å². The number of methoxy groups -OCH3 is 2. The Kier molecular flexibility index (Phi) is 5.81. The molecule has 5 heteroatoms. The number of ether oxygens (including phenoxy) is 3. The zero-order valence-corrected chi connectivity index (χ0v) is 13.1. The molecule has 0 heterocycles. The third-order valence-corrected chi connectivity index (χ3v) is 3.44. The first-order valence-electron chi connectivity index (χ1n) is 7.18. The standard InChI is InChI=1S/C18H18FNO3/c1-21-15-6-7-18(22-2)17(11-15)13(12-20)8-9-23-16-5-3-4-14(19)10-16/h3-7,10-11,13H,8-9H2,1-2H3. The summed E-state index contributed by atoms with van der Waals surface area (Å²) in [6.45, 7) is 0.294. The predicted octanol–water partition coefficient (Wildman–Crippen LogP) is 3.92. The molecule has 0 N–H and O–H groups in total. The van der Waals surface area contributed by atoms with Gasteiger partial charge in [0.1, 0.15) is 23.1 Å². The highest BCUT2D eigenvalue weighted by molar-refractivity contribution is 5.44. The average Bonchev–Trinajstić information content (AvgIpc) is 2.58. The first-order chi connectivity index (χ1) is 11.2. The smallest absolute Gasteiger partial charge is 0.126 e. The average molecular weight is 315 g/mol. The van der Waals surface area contributed by atoms with Crippen LogP contribution in [0.4, 0.5) is 4.39 Å². The van der Waals surface area contributed by atoms with Crippen LogP contribution in [0.15, 0.2) is 42.5 Å². The number of halogens is 1. The number of rotatable bonds is 7. The van der Waals surface area contributed by atoms with E-state index in [9.17, 15) is 9.65 Å². The van der Waals surface area contributed by atoms with Gasteiger partial charge in [0, 0.05) is 18.1 Å². The summed E-state index contributed by atoms with van der Waals surface area (Å²) in [7, 11) is 3.13. The van der Waals surface area contributed by atoms with Gasteiger partial charge in [-0.2, -0.15) is 5.26 Å². The molecule has 0 aromatic heterocycles. The van der Waals surface area contributed by atoms with Gasteiger partial charge in [0.05, 0.1) is 32.8 Å². The van der Waals surface area contributed by atoms with E-state index >= 15 is 0 Å². The minimum atomic E-state index is -0.409. The summed E-state index contributed by atoms with van der Waals surface area (Å²) in [5, 5.41) is 9.44. The summed E-state index contributed by atoms with van der Waals surface area (Å²) in [4.78, 5) is 0. The van der Waals surface area contributed by atoms with Crippen molar-refractivity contribution >= 4 is 0 Å². The van der Waals surface area contributed by atoms with Crippen molar-refractivity contribution in [2.75, 3.05) is 20.8 Å². The summed E-state index contributed by atoms with van der Waals surface area (Å²) in [5.41, 5.74) is 0.747. The maximum absolute atomic E-state index is 13.1. The van der Waals surface area contributed by atoms with Gasteiger partial charge >= 0.3 is 0 Å². The molecular weight excluding hydrogens is 297 g/mol. The molecule has 0 amide bonds. The van der Waals surface area contributed by atoms with E-state index in [4.69, 9.17) is 14.2 Å². The Morgan fingerprint density at radius 2 is 1.91 bits per heavy atom. The lowest BCUT2D eigenvalue weighted by atomic mass is 9.96. The molecule has 0 spiro atoms. The van der Waals surface area contributed by atoms with Crippen LogP contribution < -0.4 is 14.2 Å². The van der Waals surface area contributed by atoms with Gasteiger partial charge in [-0.3, -0.25) is 0 Å². The Hall–Kier alpha value is -2.74. The molecule has 2 aromatic carbocycles. The van der Waals surface area contributed by atoms with Crippen molar-refractivity contribution < 1.29 is 18.6 Å². The molecule has 0 bridgehead atoms. The molecule has 23 heavy (non-hydrogen) atoms. The monoisotopic (exact) mass is 315 g/mol. The SMILES string of the molecule is COc1ccc(OC)c(C(C#N)CCOc2cccc(F)c2)c1. The van der Waals surface area contributed by atoms with Crippen molar-refractivity contribution in [3.05, 3.63) is 53.8 Å². The van der Waals surface area contributed by atoms with Crippen molar-refractivity contribution in [3.8, 4) is 23.3 Å². The van der Waals surface area contributed by atoms with Crippen molar-refractivity contribution in [3.63, 3.8) is 0 Å². The lowest BCUT2D eigenvalue weighted by molar-refractivity contribution is 0.303. The lowest BCUT2D eigenvalue weighted by Gasteiger charge is -2.15. The first-order valence-corrected chi connectivity index (χ1v) is 7.18. The Morgan fingerprint density at radius 1 is 1.09 bits per heavy atom. The fourth-order valence-electron chi connectivity index (χ4n) is 2.25. The van der Waals surface area contributed by atoms with Crippen molar-refractivity contribution in [2.45, 2.75) is 12.3 Å². The zero-order valence-electron chi connectivity index (χ0n) is 13.1. The number of nitrogens with zero attached hydrogens (tertiary/aromatic N) is 1. The number of hydrogen-bond donors (Lipinski definition) is 0. The van der Waals surface area contributed by atoms with E-state index in [0.29, 0.717) is 30.3 Å².